The predicted octanol–water partition coefficient (Wildman–Crippen LogP) is 12.6. The Balaban J connectivity index is 1.37. The Labute approximate surface area is 294 Å². The average molecular weight is 650 g/mol. The quantitative estimate of drug-likeness (QED) is 0.180. The SMILES string of the molecule is c1ccc(-c2ccc(-n3c4c(ccc5c4c4ccccc4n5-c4ccccc4)c4ccc5c6ccccc6n(-c6ccccc6)c5c43)cc2)cc1. The first-order valence-electron chi connectivity index (χ1n) is 17.5. The van der Waals surface area contributed by atoms with E-state index in [9.17, 15) is 0 Å². The lowest BCUT2D eigenvalue weighted by molar-refractivity contribution is 1.15. The summed E-state index contributed by atoms with van der Waals surface area (Å²) in [6, 6.07) is 68.3. The van der Waals surface area contributed by atoms with Crippen molar-refractivity contribution < 1.29 is 0 Å². The van der Waals surface area contributed by atoms with Crippen LogP contribution in [0.15, 0.2) is 188 Å². The second-order valence-corrected chi connectivity index (χ2v) is 13.3. The van der Waals surface area contributed by atoms with Crippen molar-refractivity contribution in [2.75, 3.05) is 0 Å². The van der Waals surface area contributed by atoms with Crippen molar-refractivity contribution >= 4 is 65.4 Å². The molecule has 51 heavy (non-hydrogen) atoms. The number of aromatic nitrogens is 3. The molecule has 11 rings (SSSR count). The van der Waals surface area contributed by atoms with Crippen LogP contribution < -0.4 is 0 Å². The van der Waals surface area contributed by atoms with Gasteiger partial charge < -0.3 is 13.7 Å². The van der Waals surface area contributed by atoms with E-state index in [1.165, 1.54) is 76.5 Å². The molecule has 0 N–H and O–H groups in total. The van der Waals surface area contributed by atoms with Crippen molar-refractivity contribution in [3.05, 3.63) is 188 Å². The molecule has 0 unspecified atom stereocenters. The van der Waals surface area contributed by atoms with Crippen LogP contribution in [-0.4, -0.2) is 13.7 Å². The zero-order valence-electron chi connectivity index (χ0n) is 27.7. The van der Waals surface area contributed by atoms with E-state index in [1.807, 2.05) is 0 Å². The Morgan fingerprint density at radius 2 is 0.686 bits per heavy atom. The fourth-order valence-electron chi connectivity index (χ4n) is 8.48. The number of nitrogens with zero attached hydrogens (tertiary/aromatic N) is 3. The van der Waals surface area contributed by atoms with E-state index in [0.717, 1.165) is 17.1 Å². The van der Waals surface area contributed by atoms with Crippen LogP contribution in [0.5, 0.6) is 0 Å². The summed E-state index contributed by atoms with van der Waals surface area (Å²) in [5.41, 5.74) is 13.1. The average Bonchev–Trinajstić information content (AvgIpc) is 3.85. The standard InChI is InChI=1S/C48H31N3/c1-4-14-32(15-5-1)33-24-26-36(27-25-33)51-46-39(30-31-44-45(46)41-21-11-13-23-43(41)49(44)34-16-6-2-7-17-34)40-29-28-38-37-20-10-12-22-42(37)50(47(38)48(40)51)35-18-8-3-9-19-35/h1-31H. The Morgan fingerprint density at radius 3 is 1.37 bits per heavy atom. The highest BCUT2D eigenvalue weighted by Crippen LogP contribution is 2.46. The smallest absolute Gasteiger partial charge is 0.0789 e. The van der Waals surface area contributed by atoms with E-state index in [2.05, 4.69) is 202 Å². The summed E-state index contributed by atoms with van der Waals surface area (Å²) in [6.07, 6.45) is 0. The summed E-state index contributed by atoms with van der Waals surface area (Å²) in [6.45, 7) is 0. The second-order valence-electron chi connectivity index (χ2n) is 13.3. The van der Waals surface area contributed by atoms with E-state index in [0.29, 0.717) is 0 Å². The fraction of sp³-hybridized carbons (Fsp3) is 0. The minimum absolute atomic E-state index is 1.14. The monoisotopic (exact) mass is 649 g/mol. The molecular weight excluding hydrogens is 619 g/mol. The van der Waals surface area contributed by atoms with E-state index < -0.39 is 0 Å². The van der Waals surface area contributed by atoms with Gasteiger partial charge in [0.25, 0.3) is 0 Å². The molecule has 3 aromatic heterocycles. The normalized spacial score (nSPS) is 11.9. The fourth-order valence-corrected chi connectivity index (χ4v) is 8.48. The third kappa shape index (κ3) is 4.00. The highest BCUT2D eigenvalue weighted by molar-refractivity contribution is 6.30. The highest BCUT2D eigenvalue weighted by atomic mass is 15.1. The zero-order valence-corrected chi connectivity index (χ0v) is 27.7. The molecule has 0 bridgehead atoms. The summed E-state index contributed by atoms with van der Waals surface area (Å²) >= 11 is 0. The van der Waals surface area contributed by atoms with Crippen LogP contribution in [0.3, 0.4) is 0 Å². The second kappa shape index (κ2) is 10.8. The van der Waals surface area contributed by atoms with Crippen LogP contribution in [0.4, 0.5) is 0 Å². The highest BCUT2D eigenvalue weighted by Gasteiger charge is 2.24. The lowest BCUT2D eigenvalue weighted by Gasteiger charge is -2.14. The third-order valence-corrected chi connectivity index (χ3v) is 10.6. The summed E-state index contributed by atoms with van der Waals surface area (Å²) in [5, 5.41) is 7.48. The van der Waals surface area contributed by atoms with Crippen molar-refractivity contribution in [1.29, 1.82) is 0 Å². The topological polar surface area (TPSA) is 14.8 Å². The molecule has 0 fully saturated rings. The Bertz CT molecular complexity index is 3090. The van der Waals surface area contributed by atoms with Gasteiger partial charge in [-0.2, -0.15) is 0 Å². The van der Waals surface area contributed by atoms with Crippen LogP contribution in [0.25, 0.3) is 93.6 Å². The first-order valence-corrected chi connectivity index (χ1v) is 17.5. The van der Waals surface area contributed by atoms with E-state index in [1.54, 1.807) is 0 Å². The van der Waals surface area contributed by atoms with Crippen LogP contribution in [0.2, 0.25) is 0 Å². The number of fused-ring (bicyclic) bond motifs is 11. The summed E-state index contributed by atoms with van der Waals surface area (Å²) in [5.74, 6) is 0. The number of rotatable bonds is 4. The summed E-state index contributed by atoms with van der Waals surface area (Å²) in [4.78, 5) is 0. The maximum atomic E-state index is 2.55. The van der Waals surface area contributed by atoms with Gasteiger partial charge in [-0.15, -0.1) is 0 Å². The van der Waals surface area contributed by atoms with Crippen LogP contribution >= 0.6 is 0 Å². The van der Waals surface area contributed by atoms with Gasteiger partial charge in [0.2, 0.25) is 0 Å². The van der Waals surface area contributed by atoms with Crippen LogP contribution in [0, 0.1) is 0 Å². The molecule has 0 aliphatic heterocycles. The maximum Gasteiger partial charge on any atom is 0.0789 e. The van der Waals surface area contributed by atoms with Crippen LogP contribution in [-0.2, 0) is 0 Å². The molecule has 238 valence electrons. The minimum Gasteiger partial charge on any atom is -0.309 e. The molecule has 0 radical (unpaired) electrons. The Morgan fingerprint density at radius 1 is 0.235 bits per heavy atom. The van der Waals surface area contributed by atoms with Crippen molar-refractivity contribution in [3.63, 3.8) is 0 Å². The summed E-state index contributed by atoms with van der Waals surface area (Å²) < 4.78 is 7.43. The number of para-hydroxylation sites is 4. The molecule has 11 aromatic rings. The molecule has 3 nitrogen and oxygen atoms in total. The molecule has 0 spiro atoms. The van der Waals surface area contributed by atoms with Gasteiger partial charge in [-0.05, 0) is 65.7 Å². The number of hydrogen-bond acceptors (Lipinski definition) is 0. The molecule has 3 heteroatoms. The van der Waals surface area contributed by atoms with E-state index in [-0.39, 0.29) is 0 Å². The Hall–Kier alpha value is -6.84. The molecule has 0 atom stereocenters. The Kier molecular flexibility index (Phi) is 5.96. The van der Waals surface area contributed by atoms with Crippen molar-refractivity contribution in [1.82, 2.24) is 13.7 Å². The van der Waals surface area contributed by atoms with Gasteiger partial charge in [0, 0.05) is 49.4 Å². The van der Waals surface area contributed by atoms with Crippen molar-refractivity contribution in [3.8, 4) is 28.2 Å². The largest absolute Gasteiger partial charge is 0.309 e. The molecule has 0 aliphatic rings. The van der Waals surface area contributed by atoms with Gasteiger partial charge in [0.1, 0.15) is 0 Å². The lowest BCUT2D eigenvalue weighted by Crippen LogP contribution is -1.99. The molecule has 0 aliphatic carbocycles. The van der Waals surface area contributed by atoms with Gasteiger partial charge >= 0.3 is 0 Å². The maximum absolute atomic E-state index is 2.55. The molecule has 3 heterocycles. The number of benzene rings is 8. The van der Waals surface area contributed by atoms with Crippen LogP contribution in [0.1, 0.15) is 0 Å². The zero-order chi connectivity index (χ0) is 33.5. The summed E-state index contributed by atoms with van der Waals surface area (Å²) in [7, 11) is 0. The number of hydrogen-bond donors (Lipinski definition) is 0. The van der Waals surface area contributed by atoms with Gasteiger partial charge in [-0.25, -0.2) is 0 Å². The van der Waals surface area contributed by atoms with Crippen molar-refractivity contribution in [2.24, 2.45) is 0 Å². The molecular formula is C48H31N3. The van der Waals surface area contributed by atoms with Gasteiger partial charge in [0.05, 0.1) is 33.1 Å². The van der Waals surface area contributed by atoms with Gasteiger partial charge in [-0.3, -0.25) is 0 Å². The molecule has 8 aromatic carbocycles. The van der Waals surface area contributed by atoms with Gasteiger partial charge in [0.15, 0.2) is 0 Å². The first-order chi connectivity index (χ1) is 25.3. The van der Waals surface area contributed by atoms with E-state index in [4.69, 9.17) is 0 Å². The lowest BCUT2D eigenvalue weighted by atomic mass is 10.1. The molecule has 0 saturated carbocycles. The minimum atomic E-state index is 1.14. The molecule has 0 saturated heterocycles. The first kappa shape index (κ1) is 28.0. The molecule has 0 amide bonds. The van der Waals surface area contributed by atoms with E-state index >= 15 is 0 Å². The van der Waals surface area contributed by atoms with Gasteiger partial charge in [-0.1, -0.05) is 133 Å². The third-order valence-electron chi connectivity index (χ3n) is 10.6. The van der Waals surface area contributed by atoms with Crippen molar-refractivity contribution in [2.45, 2.75) is 0 Å². The predicted molar refractivity (Wildman–Crippen MR) is 215 cm³/mol.